The van der Waals surface area contributed by atoms with E-state index in [0.717, 1.165) is 31.1 Å². The van der Waals surface area contributed by atoms with Crippen LogP contribution in [-0.2, 0) is 0 Å². The highest BCUT2D eigenvalue weighted by Gasteiger charge is 2.28. The lowest BCUT2D eigenvalue weighted by molar-refractivity contribution is 0.0556. The molecule has 1 aliphatic heterocycles. The minimum Gasteiger partial charge on any atom is -0.338 e. The maximum atomic E-state index is 12.4. The van der Waals surface area contributed by atoms with Crippen LogP contribution in [0, 0.1) is 13.8 Å². The number of aromatic nitrogens is 2. The zero-order valence-corrected chi connectivity index (χ0v) is 13.9. The normalized spacial score (nSPS) is 17.7. The molecule has 22 heavy (non-hydrogen) atoms. The molecule has 0 aliphatic carbocycles. The second-order valence-electron chi connectivity index (χ2n) is 5.59. The molecule has 7 heteroatoms. The Kier molecular flexibility index (Phi) is 4.26. The first-order valence-electron chi connectivity index (χ1n) is 7.44. The summed E-state index contributed by atoms with van der Waals surface area (Å²) in [7, 11) is 0. The smallest absolute Gasteiger partial charge is 0.264 e. The summed E-state index contributed by atoms with van der Waals surface area (Å²) >= 11 is 1.56. The van der Waals surface area contributed by atoms with Gasteiger partial charge in [-0.15, -0.1) is 11.3 Å². The summed E-state index contributed by atoms with van der Waals surface area (Å²) in [5.41, 5.74) is 0. The molecule has 1 atom stereocenters. The molecule has 1 aliphatic rings. The molecule has 1 amide bonds. The lowest BCUT2D eigenvalue weighted by Crippen LogP contribution is -2.49. The van der Waals surface area contributed by atoms with Crippen LogP contribution in [0.2, 0.25) is 0 Å². The van der Waals surface area contributed by atoms with Crippen LogP contribution < -0.4 is 0 Å². The van der Waals surface area contributed by atoms with Crippen molar-refractivity contribution in [3.8, 4) is 0 Å². The Morgan fingerprint density at radius 2 is 2.00 bits per heavy atom. The Labute approximate surface area is 133 Å². The molecule has 3 heterocycles. The van der Waals surface area contributed by atoms with Gasteiger partial charge in [0.1, 0.15) is 0 Å². The van der Waals surface area contributed by atoms with Gasteiger partial charge in [-0.25, -0.2) is 0 Å². The Morgan fingerprint density at radius 1 is 1.27 bits per heavy atom. The van der Waals surface area contributed by atoms with Crippen molar-refractivity contribution in [1.82, 2.24) is 19.9 Å². The lowest BCUT2D eigenvalue weighted by atomic mass is 10.2. The van der Waals surface area contributed by atoms with Gasteiger partial charge in [-0.05, 0) is 32.9 Å². The quantitative estimate of drug-likeness (QED) is 0.868. The van der Waals surface area contributed by atoms with E-state index in [9.17, 15) is 4.79 Å². The predicted octanol–water partition coefficient (Wildman–Crippen LogP) is 2.27. The third-order valence-corrected chi connectivity index (χ3v) is 4.99. The number of piperazine rings is 1. The monoisotopic (exact) mass is 320 g/mol. The minimum atomic E-state index is 0.0856. The molecule has 0 aromatic carbocycles. The molecule has 0 unspecified atom stereocenters. The summed E-state index contributed by atoms with van der Waals surface area (Å²) in [5, 5.41) is 3.84. The molecule has 2 aromatic heterocycles. The van der Waals surface area contributed by atoms with Crippen molar-refractivity contribution in [1.29, 1.82) is 0 Å². The molecule has 0 radical (unpaired) electrons. The van der Waals surface area contributed by atoms with E-state index in [4.69, 9.17) is 4.52 Å². The SMILES string of the molecule is Cc1noc([C@H](C)N2CCN(C(=O)c3ccc(C)s3)CC2)n1. The number of hydrogen-bond donors (Lipinski definition) is 0. The number of carbonyl (C=O) groups excluding carboxylic acids is 1. The van der Waals surface area contributed by atoms with E-state index in [2.05, 4.69) is 22.0 Å². The highest BCUT2D eigenvalue weighted by atomic mass is 32.1. The molecule has 1 fully saturated rings. The van der Waals surface area contributed by atoms with Crippen LogP contribution in [0.3, 0.4) is 0 Å². The molecule has 6 nitrogen and oxygen atoms in total. The molecule has 3 rings (SSSR count). The van der Waals surface area contributed by atoms with Crippen molar-refractivity contribution in [3.63, 3.8) is 0 Å². The van der Waals surface area contributed by atoms with Crippen molar-refractivity contribution in [2.75, 3.05) is 26.2 Å². The minimum absolute atomic E-state index is 0.0856. The average Bonchev–Trinajstić information content (AvgIpc) is 3.14. The van der Waals surface area contributed by atoms with Crippen LogP contribution in [0.1, 0.15) is 39.2 Å². The van der Waals surface area contributed by atoms with Gasteiger partial charge in [0.2, 0.25) is 5.89 Å². The summed E-state index contributed by atoms with van der Waals surface area (Å²) in [5.74, 6) is 1.44. The maximum Gasteiger partial charge on any atom is 0.264 e. The van der Waals surface area contributed by atoms with Gasteiger partial charge in [0.05, 0.1) is 10.9 Å². The van der Waals surface area contributed by atoms with Crippen molar-refractivity contribution >= 4 is 17.2 Å². The number of hydrogen-bond acceptors (Lipinski definition) is 6. The van der Waals surface area contributed by atoms with Gasteiger partial charge in [0, 0.05) is 31.1 Å². The van der Waals surface area contributed by atoms with Gasteiger partial charge in [0.15, 0.2) is 5.82 Å². The van der Waals surface area contributed by atoms with E-state index in [1.54, 1.807) is 11.3 Å². The first kappa shape index (κ1) is 15.2. The van der Waals surface area contributed by atoms with Crippen molar-refractivity contribution in [2.45, 2.75) is 26.8 Å². The zero-order chi connectivity index (χ0) is 15.7. The van der Waals surface area contributed by atoms with Crippen LogP contribution in [0.25, 0.3) is 0 Å². The van der Waals surface area contributed by atoms with Crippen molar-refractivity contribution < 1.29 is 9.32 Å². The number of carbonyl (C=O) groups is 1. The van der Waals surface area contributed by atoms with Crippen LogP contribution >= 0.6 is 11.3 Å². The highest BCUT2D eigenvalue weighted by molar-refractivity contribution is 7.13. The second kappa shape index (κ2) is 6.18. The first-order valence-corrected chi connectivity index (χ1v) is 8.26. The summed E-state index contributed by atoms with van der Waals surface area (Å²) in [6.07, 6.45) is 0. The Bertz CT molecular complexity index is 658. The molecule has 2 aromatic rings. The fourth-order valence-electron chi connectivity index (χ4n) is 2.66. The second-order valence-corrected chi connectivity index (χ2v) is 6.88. The topological polar surface area (TPSA) is 62.5 Å². The standard InChI is InChI=1S/C15H20N4O2S/c1-10-4-5-13(22-10)15(20)19-8-6-18(7-9-19)11(2)14-16-12(3)17-21-14/h4-5,11H,6-9H2,1-3H3/t11-/m0/s1. The number of nitrogens with zero attached hydrogens (tertiary/aromatic N) is 4. The van der Waals surface area contributed by atoms with Crippen molar-refractivity contribution in [2.24, 2.45) is 0 Å². The Hall–Kier alpha value is -1.73. The number of thiophene rings is 1. The van der Waals surface area contributed by atoms with Gasteiger partial charge < -0.3 is 9.42 Å². The fourth-order valence-corrected chi connectivity index (χ4v) is 3.49. The average molecular weight is 320 g/mol. The first-order chi connectivity index (χ1) is 10.5. The van der Waals surface area contributed by atoms with E-state index in [1.807, 2.05) is 30.9 Å². The summed E-state index contributed by atoms with van der Waals surface area (Å²) in [6, 6.07) is 3.99. The number of aryl methyl sites for hydroxylation is 2. The van der Waals surface area contributed by atoms with Crippen LogP contribution in [0.4, 0.5) is 0 Å². The van der Waals surface area contributed by atoms with Crippen LogP contribution in [0.15, 0.2) is 16.7 Å². The van der Waals surface area contributed by atoms with Crippen LogP contribution in [-0.4, -0.2) is 52.0 Å². The zero-order valence-electron chi connectivity index (χ0n) is 13.1. The summed E-state index contributed by atoms with van der Waals surface area (Å²) < 4.78 is 5.24. The maximum absolute atomic E-state index is 12.4. The molecule has 118 valence electrons. The van der Waals surface area contributed by atoms with Gasteiger partial charge in [-0.2, -0.15) is 4.98 Å². The lowest BCUT2D eigenvalue weighted by Gasteiger charge is -2.36. The van der Waals surface area contributed by atoms with Gasteiger partial charge in [-0.3, -0.25) is 9.69 Å². The van der Waals surface area contributed by atoms with E-state index >= 15 is 0 Å². The Morgan fingerprint density at radius 3 is 2.55 bits per heavy atom. The molecule has 0 N–H and O–H groups in total. The molecule has 0 saturated carbocycles. The summed E-state index contributed by atoms with van der Waals surface area (Å²) in [4.78, 5) is 22.9. The van der Waals surface area contributed by atoms with Crippen molar-refractivity contribution in [3.05, 3.63) is 33.6 Å². The van der Waals surface area contributed by atoms with E-state index < -0.39 is 0 Å². The molecule has 0 bridgehead atoms. The fraction of sp³-hybridized carbons (Fsp3) is 0.533. The largest absolute Gasteiger partial charge is 0.338 e. The highest BCUT2D eigenvalue weighted by Crippen LogP contribution is 2.22. The molecule has 0 spiro atoms. The van der Waals surface area contributed by atoms with Gasteiger partial charge >= 0.3 is 0 Å². The summed E-state index contributed by atoms with van der Waals surface area (Å²) in [6.45, 7) is 9.00. The number of rotatable bonds is 3. The van der Waals surface area contributed by atoms with Gasteiger partial charge in [-0.1, -0.05) is 5.16 Å². The Balaban J connectivity index is 1.59. The van der Waals surface area contributed by atoms with E-state index in [1.165, 1.54) is 4.88 Å². The molecule has 1 saturated heterocycles. The number of amides is 1. The third kappa shape index (κ3) is 3.05. The van der Waals surface area contributed by atoms with Gasteiger partial charge in [0.25, 0.3) is 5.91 Å². The molecular formula is C15H20N4O2S. The molecular weight excluding hydrogens is 300 g/mol. The van der Waals surface area contributed by atoms with E-state index in [-0.39, 0.29) is 11.9 Å². The van der Waals surface area contributed by atoms with Crippen LogP contribution in [0.5, 0.6) is 0 Å². The van der Waals surface area contributed by atoms with E-state index in [0.29, 0.717) is 11.7 Å². The third-order valence-electron chi connectivity index (χ3n) is 4.00. The predicted molar refractivity (Wildman–Crippen MR) is 84.0 cm³/mol.